The number of amides is 2. The third-order valence-electron chi connectivity index (χ3n) is 6.70. The topological polar surface area (TPSA) is 115 Å². The van der Waals surface area contributed by atoms with Crippen LogP contribution in [-0.2, 0) is 28.7 Å². The van der Waals surface area contributed by atoms with Crippen molar-refractivity contribution in [2.45, 2.75) is 77.1 Å². The molecule has 0 unspecified atom stereocenters. The molecule has 0 spiro atoms. The second kappa shape index (κ2) is 14.7. The Morgan fingerprint density at radius 1 is 1.23 bits per heavy atom. The number of aromatic nitrogens is 1. The molecule has 0 bridgehead atoms. The summed E-state index contributed by atoms with van der Waals surface area (Å²) in [7, 11) is 0. The van der Waals surface area contributed by atoms with Crippen molar-refractivity contribution in [3.05, 3.63) is 35.8 Å². The molecule has 1 aliphatic rings. The number of carbonyl (C=O) groups is 4. The van der Waals surface area contributed by atoms with Crippen LogP contribution in [0.1, 0.15) is 60.3 Å². The molecule has 3 rings (SSSR count). The van der Waals surface area contributed by atoms with E-state index in [9.17, 15) is 19.2 Å². The van der Waals surface area contributed by atoms with Gasteiger partial charge in [0.15, 0.2) is 5.12 Å². The van der Waals surface area contributed by atoms with E-state index in [0.29, 0.717) is 38.2 Å². The highest BCUT2D eigenvalue weighted by atomic mass is 32.2. The minimum Gasteiger partial charge on any atom is -0.464 e. The molecule has 9 nitrogen and oxygen atoms in total. The summed E-state index contributed by atoms with van der Waals surface area (Å²) in [6.07, 6.45) is 4.44. The van der Waals surface area contributed by atoms with E-state index in [1.807, 2.05) is 24.4 Å². The molecule has 0 aromatic carbocycles. The van der Waals surface area contributed by atoms with E-state index in [0.717, 1.165) is 28.8 Å². The molecule has 2 atom stereocenters. The van der Waals surface area contributed by atoms with Crippen molar-refractivity contribution in [1.29, 1.82) is 0 Å². The minimum absolute atomic E-state index is 0.0499. The molecule has 2 aromatic rings. The number of thiophene rings is 1. The summed E-state index contributed by atoms with van der Waals surface area (Å²) in [5, 5.41) is 4.01. The first kappa shape index (κ1) is 31.8. The Balaban J connectivity index is 1.88. The number of ether oxygens (including phenoxy) is 2. The van der Waals surface area contributed by atoms with Crippen molar-refractivity contribution in [1.82, 2.24) is 10.3 Å². The lowest BCUT2D eigenvalue weighted by atomic mass is 9.94. The van der Waals surface area contributed by atoms with E-state index in [2.05, 4.69) is 10.3 Å². The SMILES string of the molecule is CCCCOC(=O)[C@H](C)N(C(=O)C(C)(C)NC(=O)[C@@H](SC(C)=O)C1CCOCC1)c1ccc(-c2cccs2)nc1. The van der Waals surface area contributed by atoms with Crippen molar-refractivity contribution in [2.24, 2.45) is 5.92 Å². The third kappa shape index (κ3) is 8.37. The van der Waals surface area contributed by atoms with Crippen molar-refractivity contribution >= 4 is 51.7 Å². The van der Waals surface area contributed by atoms with Crippen LogP contribution in [-0.4, -0.2) is 64.5 Å². The lowest BCUT2D eigenvalue weighted by Crippen LogP contribution is -2.61. The van der Waals surface area contributed by atoms with Gasteiger partial charge in [0, 0.05) is 20.1 Å². The number of hydrogen-bond acceptors (Lipinski definition) is 9. The standard InChI is InChI=1S/C29H39N3O6S2/c1-6-7-14-38-27(35)19(2)32(22-10-11-23(30-18-22)24-9-8-17-39-24)28(36)29(4,5)31-26(34)25(40-20(3)33)21-12-15-37-16-13-21/h8-11,17-19,21,25H,6-7,12-16H2,1-5H3,(H,31,34)/t19-,25-/m0/s1. The van der Waals surface area contributed by atoms with Crippen LogP contribution in [0.3, 0.4) is 0 Å². The molecule has 3 heterocycles. The summed E-state index contributed by atoms with van der Waals surface area (Å²) in [5.74, 6) is -1.48. The minimum atomic E-state index is -1.40. The summed E-state index contributed by atoms with van der Waals surface area (Å²) >= 11 is 2.53. The van der Waals surface area contributed by atoms with Gasteiger partial charge in [0.05, 0.1) is 34.3 Å². The van der Waals surface area contributed by atoms with E-state index in [-0.39, 0.29) is 17.6 Å². The van der Waals surface area contributed by atoms with Crippen LogP contribution in [0, 0.1) is 5.92 Å². The van der Waals surface area contributed by atoms with Crippen LogP contribution >= 0.6 is 23.1 Å². The van der Waals surface area contributed by atoms with Gasteiger partial charge >= 0.3 is 5.97 Å². The normalized spacial score (nSPS) is 15.6. The second-order valence-electron chi connectivity index (χ2n) is 10.3. The van der Waals surface area contributed by atoms with Gasteiger partial charge in [0.2, 0.25) is 5.91 Å². The molecule has 2 amide bonds. The first-order valence-electron chi connectivity index (χ1n) is 13.6. The van der Waals surface area contributed by atoms with Gasteiger partial charge in [-0.2, -0.15) is 0 Å². The van der Waals surface area contributed by atoms with Gasteiger partial charge in [0.1, 0.15) is 11.6 Å². The zero-order valence-electron chi connectivity index (χ0n) is 23.8. The number of unbranched alkanes of at least 4 members (excludes halogenated alkanes) is 1. The molecule has 1 fully saturated rings. The zero-order chi connectivity index (χ0) is 29.3. The molecule has 0 saturated carbocycles. The Kier molecular flexibility index (Phi) is 11.7. The smallest absolute Gasteiger partial charge is 0.328 e. The van der Waals surface area contributed by atoms with Gasteiger partial charge < -0.3 is 14.8 Å². The van der Waals surface area contributed by atoms with Gasteiger partial charge in [0.25, 0.3) is 5.91 Å². The Bertz CT molecular complexity index is 1150. The van der Waals surface area contributed by atoms with Crippen LogP contribution in [0.15, 0.2) is 35.8 Å². The van der Waals surface area contributed by atoms with Crippen molar-refractivity contribution in [2.75, 3.05) is 24.7 Å². The van der Waals surface area contributed by atoms with Gasteiger partial charge in [-0.05, 0) is 69.5 Å². The van der Waals surface area contributed by atoms with Crippen LogP contribution in [0.4, 0.5) is 5.69 Å². The van der Waals surface area contributed by atoms with Crippen molar-refractivity contribution < 1.29 is 28.7 Å². The van der Waals surface area contributed by atoms with E-state index >= 15 is 0 Å². The van der Waals surface area contributed by atoms with Gasteiger partial charge in [-0.25, -0.2) is 4.79 Å². The number of anilines is 1. The quantitative estimate of drug-likeness (QED) is 0.276. The van der Waals surface area contributed by atoms with Gasteiger partial charge in [-0.1, -0.05) is 31.2 Å². The summed E-state index contributed by atoms with van der Waals surface area (Å²) in [4.78, 5) is 59.5. The number of pyridine rings is 1. The molecule has 0 aliphatic carbocycles. The predicted molar refractivity (Wildman–Crippen MR) is 158 cm³/mol. The van der Waals surface area contributed by atoms with Crippen molar-refractivity contribution in [3.63, 3.8) is 0 Å². The van der Waals surface area contributed by atoms with E-state index in [1.54, 1.807) is 50.4 Å². The maximum Gasteiger partial charge on any atom is 0.328 e. The van der Waals surface area contributed by atoms with E-state index < -0.39 is 34.6 Å². The number of thioether (sulfide) groups is 1. The summed E-state index contributed by atoms with van der Waals surface area (Å²) in [6, 6.07) is 6.46. The molecule has 2 aromatic heterocycles. The highest BCUT2D eigenvalue weighted by Crippen LogP contribution is 2.31. The lowest BCUT2D eigenvalue weighted by molar-refractivity contribution is -0.146. The molecule has 0 radical (unpaired) electrons. The predicted octanol–water partition coefficient (Wildman–Crippen LogP) is 4.84. The van der Waals surface area contributed by atoms with Gasteiger partial charge in [-0.15, -0.1) is 11.3 Å². The van der Waals surface area contributed by atoms with Crippen LogP contribution in [0.2, 0.25) is 0 Å². The maximum absolute atomic E-state index is 14.1. The number of nitrogens with one attached hydrogen (secondary N) is 1. The maximum atomic E-state index is 14.1. The number of rotatable bonds is 12. The lowest BCUT2D eigenvalue weighted by Gasteiger charge is -2.37. The molecule has 11 heteroatoms. The van der Waals surface area contributed by atoms with E-state index in [1.165, 1.54) is 11.8 Å². The third-order valence-corrected chi connectivity index (χ3v) is 8.78. The van der Waals surface area contributed by atoms with Crippen LogP contribution in [0.5, 0.6) is 0 Å². The fourth-order valence-electron chi connectivity index (χ4n) is 4.45. The Morgan fingerprint density at radius 3 is 2.52 bits per heavy atom. The first-order chi connectivity index (χ1) is 19.0. The average Bonchev–Trinajstić information content (AvgIpc) is 3.47. The van der Waals surface area contributed by atoms with Crippen molar-refractivity contribution in [3.8, 4) is 10.6 Å². The monoisotopic (exact) mass is 589 g/mol. The zero-order valence-corrected chi connectivity index (χ0v) is 25.4. The number of carbonyl (C=O) groups excluding carboxylic acids is 4. The van der Waals surface area contributed by atoms with Gasteiger partial charge in [-0.3, -0.25) is 24.3 Å². The Hall–Kier alpha value is -2.76. The molecule has 218 valence electrons. The number of esters is 1. The Labute approximate surface area is 244 Å². The van der Waals surface area contributed by atoms with Crippen LogP contribution in [0.25, 0.3) is 10.6 Å². The Morgan fingerprint density at radius 2 is 1.95 bits per heavy atom. The highest BCUT2D eigenvalue weighted by Gasteiger charge is 2.41. The summed E-state index contributed by atoms with van der Waals surface area (Å²) < 4.78 is 10.9. The summed E-state index contributed by atoms with van der Waals surface area (Å²) in [5.41, 5.74) is -0.244. The molecular formula is C29H39N3O6S2. The first-order valence-corrected chi connectivity index (χ1v) is 15.4. The molecule has 1 saturated heterocycles. The fourth-order valence-corrected chi connectivity index (χ4v) is 6.14. The highest BCUT2D eigenvalue weighted by molar-refractivity contribution is 8.14. The molecule has 1 aliphatic heterocycles. The molecular weight excluding hydrogens is 550 g/mol. The number of hydrogen-bond donors (Lipinski definition) is 1. The molecule has 40 heavy (non-hydrogen) atoms. The fraction of sp³-hybridized carbons (Fsp3) is 0.552. The van der Waals surface area contributed by atoms with Crippen LogP contribution < -0.4 is 10.2 Å². The van der Waals surface area contributed by atoms with E-state index in [4.69, 9.17) is 9.47 Å². The number of nitrogens with zero attached hydrogens (tertiary/aromatic N) is 2. The largest absolute Gasteiger partial charge is 0.464 e. The molecule has 1 N–H and O–H groups in total. The average molecular weight is 590 g/mol. The summed E-state index contributed by atoms with van der Waals surface area (Å²) in [6.45, 7) is 9.53. The second-order valence-corrected chi connectivity index (χ2v) is 12.6.